The molecule has 0 radical (unpaired) electrons. The Balaban J connectivity index is 3.79. The van der Waals surface area contributed by atoms with Gasteiger partial charge in [-0.3, -0.25) is 9.59 Å². The zero-order valence-electron chi connectivity index (χ0n) is 27.9. The fourth-order valence-electron chi connectivity index (χ4n) is 4.13. The molecule has 0 saturated heterocycles. The molecule has 0 aliphatic rings. The largest absolute Gasteiger partial charge is 0.462 e. The summed E-state index contributed by atoms with van der Waals surface area (Å²) in [5, 5.41) is 9.49. The second kappa shape index (κ2) is 34.6. The second-order valence-corrected chi connectivity index (χ2v) is 10.9. The Labute approximate surface area is 269 Å². The molecule has 5 nitrogen and oxygen atoms in total. The van der Waals surface area contributed by atoms with Crippen molar-refractivity contribution in [1.82, 2.24) is 0 Å². The van der Waals surface area contributed by atoms with Gasteiger partial charge in [0.15, 0.2) is 6.10 Å². The van der Waals surface area contributed by atoms with E-state index < -0.39 is 12.1 Å². The van der Waals surface area contributed by atoms with E-state index in [9.17, 15) is 14.7 Å². The molecule has 0 rings (SSSR count). The van der Waals surface area contributed by atoms with Gasteiger partial charge in [-0.2, -0.15) is 0 Å². The van der Waals surface area contributed by atoms with Gasteiger partial charge in [0.25, 0.3) is 0 Å². The summed E-state index contributed by atoms with van der Waals surface area (Å²) in [5.74, 6) is -0.766. The predicted octanol–water partition coefficient (Wildman–Crippen LogP) is 10.4. The third-order valence-corrected chi connectivity index (χ3v) is 6.71. The number of hydrogen-bond acceptors (Lipinski definition) is 5. The van der Waals surface area contributed by atoms with Crippen molar-refractivity contribution in [3.63, 3.8) is 0 Å². The Morgan fingerprint density at radius 3 is 1.59 bits per heavy atom. The molecule has 1 unspecified atom stereocenters. The number of carbonyl (C=O) groups excluding carboxylic acids is 2. The monoisotopic (exact) mass is 610 g/mol. The van der Waals surface area contributed by atoms with Crippen LogP contribution in [0.15, 0.2) is 85.1 Å². The minimum atomic E-state index is -0.834. The molecule has 0 aliphatic heterocycles. The molecule has 44 heavy (non-hydrogen) atoms. The molecule has 248 valence electrons. The normalized spacial score (nSPS) is 13.2. The fourth-order valence-corrected chi connectivity index (χ4v) is 4.13. The smallest absolute Gasteiger partial charge is 0.310 e. The highest BCUT2D eigenvalue weighted by Gasteiger charge is 2.15. The van der Waals surface area contributed by atoms with Crippen LogP contribution in [-0.4, -0.2) is 36.4 Å². The van der Waals surface area contributed by atoms with Crippen LogP contribution in [0.2, 0.25) is 0 Å². The maximum absolute atomic E-state index is 12.1. The van der Waals surface area contributed by atoms with E-state index in [2.05, 4.69) is 86.8 Å². The quantitative estimate of drug-likeness (QED) is 0.0518. The number of allylic oxidation sites excluding steroid dienone is 13. The standard InChI is InChI=1S/C39H62O5/c1-3-5-7-9-11-13-15-17-19-21-23-25-27-29-31-33-38(41)43-36-37(35-40)44-39(42)34-32-30-28-26-24-22-20-18-16-14-12-10-8-6-4-2/h6,8,11-14,17-20,24,26,30,32,37,40H,3-5,7,9-10,15-16,21-23,25,27-29,31,33-36H2,1-2H3/b8-6-,13-11-,14-12-,19-17-,20-18-,26-24-,32-30-. The molecule has 0 aliphatic carbocycles. The van der Waals surface area contributed by atoms with Crippen LogP contribution in [0.3, 0.4) is 0 Å². The van der Waals surface area contributed by atoms with Gasteiger partial charge in [0.05, 0.1) is 13.0 Å². The van der Waals surface area contributed by atoms with Crippen LogP contribution in [0.1, 0.15) is 129 Å². The molecule has 0 bridgehead atoms. The van der Waals surface area contributed by atoms with E-state index in [1.165, 1.54) is 32.1 Å². The molecular weight excluding hydrogens is 548 g/mol. The van der Waals surface area contributed by atoms with Crippen molar-refractivity contribution in [2.75, 3.05) is 13.2 Å². The third kappa shape index (κ3) is 32.0. The average Bonchev–Trinajstić information content (AvgIpc) is 3.02. The van der Waals surface area contributed by atoms with Gasteiger partial charge in [0.1, 0.15) is 6.61 Å². The number of carbonyl (C=O) groups is 2. The lowest BCUT2D eigenvalue weighted by molar-refractivity contribution is -0.160. The second-order valence-electron chi connectivity index (χ2n) is 10.9. The first-order valence-corrected chi connectivity index (χ1v) is 17.1. The molecule has 0 heterocycles. The van der Waals surface area contributed by atoms with Crippen LogP contribution in [-0.2, 0) is 19.1 Å². The van der Waals surface area contributed by atoms with Crippen LogP contribution in [0.25, 0.3) is 0 Å². The first kappa shape index (κ1) is 41.1. The summed E-state index contributed by atoms with van der Waals surface area (Å²) in [7, 11) is 0. The van der Waals surface area contributed by atoms with Gasteiger partial charge in [0.2, 0.25) is 0 Å². The summed E-state index contributed by atoms with van der Waals surface area (Å²) in [6, 6.07) is 0. The van der Waals surface area contributed by atoms with E-state index in [1.807, 2.05) is 6.08 Å². The fraction of sp³-hybridized carbons (Fsp3) is 0.590. The predicted molar refractivity (Wildman–Crippen MR) is 186 cm³/mol. The minimum Gasteiger partial charge on any atom is -0.462 e. The number of esters is 2. The molecule has 1 atom stereocenters. The van der Waals surface area contributed by atoms with Gasteiger partial charge < -0.3 is 14.6 Å². The van der Waals surface area contributed by atoms with Crippen LogP contribution < -0.4 is 0 Å². The maximum Gasteiger partial charge on any atom is 0.310 e. The summed E-state index contributed by atoms with van der Waals surface area (Å²) in [6.45, 7) is 3.87. The van der Waals surface area contributed by atoms with E-state index in [0.717, 1.165) is 70.6 Å². The van der Waals surface area contributed by atoms with Crippen LogP contribution in [0, 0.1) is 0 Å². The molecule has 1 N–H and O–H groups in total. The van der Waals surface area contributed by atoms with E-state index in [0.29, 0.717) is 6.42 Å². The Kier molecular flexibility index (Phi) is 32.3. The first-order chi connectivity index (χ1) is 21.6. The third-order valence-electron chi connectivity index (χ3n) is 6.71. The molecule has 0 amide bonds. The van der Waals surface area contributed by atoms with Crippen LogP contribution in [0.4, 0.5) is 0 Å². The summed E-state index contributed by atoms with van der Waals surface area (Å²) < 4.78 is 10.5. The van der Waals surface area contributed by atoms with E-state index in [4.69, 9.17) is 9.47 Å². The summed E-state index contributed by atoms with van der Waals surface area (Å²) in [6.07, 6.45) is 46.5. The Hall–Kier alpha value is -2.92. The van der Waals surface area contributed by atoms with Gasteiger partial charge in [-0.1, -0.05) is 131 Å². The highest BCUT2D eigenvalue weighted by Crippen LogP contribution is 2.09. The molecule has 0 aromatic heterocycles. The number of unbranched alkanes of at least 4 members (excludes halogenated alkanes) is 8. The van der Waals surface area contributed by atoms with Gasteiger partial charge in [0, 0.05) is 6.42 Å². The van der Waals surface area contributed by atoms with Gasteiger partial charge >= 0.3 is 11.9 Å². The van der Waals surface area contributed by atoms with Crippen molar-refractivity contribution in [1.29, 1.82) is 0 Å². The minimum absolute atomic E-state index is 0.115. The molecule has 0 spiro atoms. The zero-order valence-corrected chi connectivity index (χ0v) is 27.9. The number of rotatable bonds is 29. The first-order valence-electron chi connectivity index (χ1n) is 17.1. The van der Waals surface area contributed by atoms with E-state index >= 15 is 0 Å². The zero-order chi connectivity index (χ0) is 32.2. The number of hydrogen-bond donors (Lipinski definition) is 1. The van der Waals surface area contributed by atoms with Crippen molar-refractivity contribution in [3.05, 3.63) is 85.1 Å². The number of aliphatic hydroxyl groups is 1. The Bertz CT molecular complexity index is 875. The molecule has 0 aromatic rings. The highest BCUT2D eigenvalue weighted by molar-refractivity contribution is 5.71. The lowest BCUT2D eigenvalue weighted by atomic mass is 10.1. The molecular formula is C39H62O5. The molecule has 5 heteroatoms. The average molecular weight is 611 g/mol. The van der Waals surface area contributed by atoms with Crippen LogP contribution in [0.5, 0.6) is 0 Å². The molecule has 0 saturated carbocycles. The van der Waals surface area contributed by atoms with Crippen molar-refractivity contribution in [3.8, 4) is 0 Å². The van der Waals surface area contributed by atoms with Crippen LogP contribution >= 0.6 is 0 Å². The van der Waals surface area contributed by atoms with Gasteiger partial charge in [-0.15, -0.1) is 0 Å². The van der Waals surface area contributed by atoms with E-state index in [-0.39, 0.29) is 25.6 Å². The number of ether oxygens (including phenoxy) is 2. The SMILES string of the molecule is CC/C=C\C/C=C\C/C=C\C/C=C\C/C=C\CC(=O)OC(CO)COC(=O)CCCCCCC/C=C\C/C=C\CCCCC. The summed E-state index contributed by atoms with van der Waals surface area (Å²) >= 11 is 0. The van der Waals surface area contributed by atoms with Crippen molar-refractivity contribution in [2.24, 2.45) is 0 Å². The topological polar surface area (TPSA) is 72.8 Å². The Morgan fingerprint density at radius 2 is 1.05 bits per heavy atom. The maximum atomic E-state index is 12.1. The van der Waals surface area contributed by atoms with Crippen molar-refractivity contribution < 1.29 is 24.2 Å². The van der Waals surface area contributed by atoms with Crippen molar-refractivity contribution >= 4 is 11.9 Å². The molecule has 0 fully saturated rings. The Morgan fingerprint density at radius 1 is 0.568 bits per heavy atom. The molecule has 0 aromatic carbocycles. The summed E-state index contributed by atoms with van der Waals surface area (Å²) in [4.78, 5) is 24.1. The van der Waals surface area contributed by atoms with Gasteiger partial charge in [-0.25, -0.2) is 0 Å². The number of aliphatic hydroxyl groups excluding tert-OH is 1. The van der Waals surface area contributed by atoms with E-state index in [1.54, 1.807) is 6.08 Å². The highest BCUT2D eigenvalue weighted by atomic mass is 16.6. The summed E-state index contributed by atoms with van der Waals surface area (Å²) in [5.41, 5.74) is 0. The van der Waals surface area contributed by atoms with Gasteiger partial charge in [-0.05, 0) is 70.6 Å². The van der Waals surface area contributed by atoms with Crippen molar-refractivity contribution in [2.45, 2.75) is 136 Å². The lowest BCUT2D eigenvalue weighted by Gasteiger charge is -2.15. The lowest BCUT2D eigenvalue weighted by Crippen LogP contribution is -2.28.